The molecule has 1 aromatic carbocycles. The Bertz CT molecular complexity index is 605. The lowest BCUT2D eigenvalue weighted by atomic mass is 9.97. The lowest BCUT2D eigenvalue weighted by molar-refractivity contribution is -0.130. The fourth-order valence-corrected chi connectivity index (χ4v) is 2.12. The van der Waals surface area contributed by atoms with Crippen molar-refractivity contribution >= 4 is 11.6 Å². The van der Waals surface area contributed by atoms with Crippen molar-refractivity contribution < 1.29 is 4.79 Å². The number of nitrogen functional groups attached to an aromatic ring is 1. The monoisotopic (exact) mass is 287 g/mol. The highest BCUT2D eigenvalue weighted by Gasteiger charge is 2.16. The van der Waals surface area contributed by atoms with Crippen LogP contribution in [0.15, 0.2) is 24.3 Å². The molecule has 0 saturated heterocycles. The summed E-state index contributed by atoms with van der Waals surface area (Å²) >= 11 is 0. The molecule has 1 heterocycles. The van der Waals surface area contributed by atoms with Crippen molar-refractivity contribution in [1.29, 1.82) is 0 Å². The summed E-state index contributed by atoms with van der Waals surface area (Å²) in [5.41, 5.74) is 7.51. The molecule has 0 aliphatic rings. The van der Waals surface area contributed by atoms with Crippen molar-refractivity contribution in [3.63, 3.8) is 0 Å². The number of rotatable bonds is 5. The van der Waals surface area contributed by atoms with Gasteiger partial charge in [-0.1, -0.05) is 19.1 Å². The number of anilines is 1. The SMILES string of the molecule is Cc1nc(CN(C)C(=O)CC(C)c2ccc(N)cc2)n[nH]1. The van der Waals surface area contributed by atoms with Gasteiger partial charge in [-0.15, -0.1) is 0 Å². The summed E-state index contributed by atoms with van der Waals surface area (Å²) in [5.74, 6) is 1.60. The van der Waals surface area contributed by atoms with E-state index in [9.17, 15) is 4.79 Å². The highest BCUT2D eigenvalue weighted by molar-refractivity contribution is 5.76. The number of amides is 1. The molecule has 0 aliphatic heterocycles. The zero-order chi connectivity index (χ0) is 15.4. The Morgan fingerprint density at radius 1 is 1.38 bits per heavy atom. The van der Waals surface area contributed by atoms with E-state index in [2.05, 4.69) is 15.2 Å². The van der Waals surface area contributed by atoms with Crippen LogP contribution in [-0.2, 0) is 11.3 Å². The summed E-state index contributed by atoms with van der Waals surface area (Å²) in [7, 11) is 1.77. The molecule has 0 aliphatic carbocycles. The van der Waals surface area contributed by atoms with Gasteiger partial charge in [0.2, 0.25) is 5.91 Å². The predicted octanol–water partition coefficient (Wildman–Crippen LogP) is 1.85. The van der Waals surface area contributed by atoms with Crippen LogP contribution >= 0.6 is 0 Å². The van der Waals surface area contributed by atoms with Crippen molar-refractivity contribution in [3.8, 4) is 0 Å². The molecule has 6 nitrogen and oxygen atoms in total. The van der Waals surface area contributed by atoms with E-state index in [-0.39, 0.29) is 11.8 Å². The Morgan fingerprint density at radius 3 is 2.62 bits per heavy atom. The number of hydrogen-bond acceptors (Lipinski definition) is 4. The van der Waals surface area contributed by atoms with Gasteiger partial charge in [-0.25, -0.2) is 4.98 Å². The normalized spacial score (nSPS) is 12.1. The standard InChI is InChI=1S/C15H21N5O/c1-10(12-4-6-13(16)7-5-12)8-15(21)20(3)9-14-17-11(2)18-19-14/h4-7,10H,8-9,16H2,1-3H3,(H,17,18,19). The molecule has 0 bridgehead atoms. The molecule has 0 fully saturated rings. The lowest BCUT2D eigenvalue weighted by Crippen LogP contribution is -2.27. The number of aromatic nitrogens is 3. The number of aryl methyl sites for hydroxylation is 1. The second-order valence-electron chi connectivity index (χ2n) is 5.36. The topological polar surface area (TPSA) is 87.9 Å². The fraction of sp³-hybridized carbons (Fsp3) is 0.400. The summed E-state index contributed by atoms with van der Waals surface area (Å²) < 4.78 is 0. The van der Waals surface area contributed by atoms with Gasteiger partial charge < -0.3 is 10.6 Å². The average Bonchev–Trinajstić information content (AvgIpc) is 2.84. The van der Waals surface area contributed by atoms with Crippen LogP contribution in [-0.4, -0.2) is 33.0 Å². The Kier molecular flexibility index (Phi) is 4.57. The van der Waals surface area contributed by atoms with Crippen LogP contribution in [0.25, 0.3) is 0 Å². The van der Waals surface area contributed by atoms with E-state index in [1.165, 1.54) is 0 Å². The molecule has 1 aromatic heterocycles. The molecule has 2 aromatic rings. The maximum absolute atomic E-state index is 12.2. The zero-order valence-corrected chi connectivity index (χ0v) is 12.6. The van der Waals surface area contributed by atoms with E-state index in [4.69, 9.17) is 5.73 Å². The molecule has 1 atom stereocenters. The van der Waals surface area contributed by atoms with Gasteiger partial charge >= 0.3 is 0 Å². The smallest absolute Gasteiger partial charge is 0.223 e. The Labute approximate surface area is 124 Å². The number of H-pyrrole nitrogens is 1. The molecule has 3 N–H and O–H groups in total. The third kappa shape index (κ3) is 4.05. The van der Waals surface area contributed by atoms with Gasteiger partial charge in [0.15, 0.2) is 5.82 Å². The highest BCUT2D eigenvalue weighted by Crippen LogP contribution is 2.21. The first-order chi connectivity index (χ1) is 9.95. The number of hydrogen-bond donors (Lipinski definition) is 2. The van der Waals surface area contributed by atoms with Crippen molar-refractivity contribution in [2.45, 2.75) is 32.7 Å². The minimum atomic E-state index is 0.0711. The molecular formula is C15H21N5O. The van der Waals surface area contributed by atoms with Crippen LogP contribution in [0, 0.1) is 6.92 Å². The molecule has 1 amide bonds. The van der Waals surface area contributed by atoms with E-state index in [0.29, 0.717) is 18.8 Å². The van der Waals surface area contributed by atoms with Gasteiger partial charge in [0.05, 0.1) is 6.54 Å². The maximum atomic E-state index is 12.2. The van der Waals surface area contributed by atoms with E-state index in [1.54, 1.807) is 11.9 Å². The summed E-state index contributed by atoms with van der Waals surface area (Å²) in [6.45, 7) is 4.29. The summed E-state index contributed by atoms with van der Waals surface area (Å²) in [6.07, 6.45) is 0.448. The van der Waals surface area contributed by atoms with E-state index < -0.39 is 0 Å². The van der Waals surface area contributed by atoms with E-state index in [0.717, 1.165) is 17.1 Å². The molecule has 6 heteroatoms. The third-order valence-corrected chi connectivity index (χ3v) is 3.43. The largest absolute Gasteiger partial charge is 0.399 e. The number of nitrogens with zero attached hydrogens (tertiary/aromatic N) is 3. The van der Waals surface area contributed by atoms with Crippen molar-refractivity contribution in [1.82, 2.24) is 20.1 Å². The first kappa shape index (κ1) is 15.0. The molecule has 1 unspecified atom stereocenters. The Hall–Kier alpha value is -2.37. The van der Waals surface area contributed by atoms with Gasteiger partial charge in [-0.05, 0) is 30.5 Å². The number of aromatic amines is 1. The third-order valence-electron chi connectivity index (χ3n) is 3.43. The molecule has 112 valence electrons. The Morgan fingerprint density at radius 2 is 2.05 bits per heavy atom. The van der Waals surface area contributed by atoms with Gasteiger partial charge in [0.1, 0.15) is 5.82 Å². The number of carbonyl (C=O) groups excluding carboxylic acids is 1. The van der Waals surface area contributed by atoms with Gasteiger partial charge in [-0.2, -0.15) is 5.10 Å². The second-order valence-corrected chi connectivity index (χ2v) is 5.36. The summed E-state index contributed by atoms with van der Waals surface area (Å²) in [6, 6.07) is 7.64. The number of nitrogens with two attached hydrogens (primary N) is 1. The minimum absolute atomic E-state index is 0.0711. The summed E-state index contributed by atoms with van der Waals surface area (Å²) in [4.78, 5) is 18.1. The molecule has 2 rings (SSSR count). The first-order valence-corrected chi connectivity index (χ1v) is 6.93. The van der Waals surface area contributed by atoms with Crippen LogP contribution in [0.1, 0.15) is 36.5 Å². The van der Waals surface area contributed by atoms with E-state index in [1.807, 2.05) is 38.1 Å². The highest BCUT2D eigenvalue weighted by atomic mass is 16.2. The van der Waals surface area contributed by atoms with Crippen LogP contribution < -0.4 is 5.73 Å². The van der Waals surface area contributed by atoms with Crippen LogP contribution in [0.2, 0.25) is 0 Å². The maximum Gasteiger partial charge on any atom is 0.223 e. The van der Waals surface area contributed by atoms with Crippen molar-refractivity contribution in [2.24, 2.45) is 0 Å². The molecule has 0 saturated carbocycles. The predicted molar refractivity (Wildman–Crippen MR) is 81.5 cm³/mol. The molecular weight excluding hydrogens is 266 g/mol. The molecule has 0 spiro atoms. The number of nitrogens with one attached hydrogen (secondary N) is 1. The van der Waals surface area contributed by atoms with E-state index >= 15 is 0 Å². The number of carbonyl (C=O) groups is 1. The lowest BCUT2D eigenvalue weighted by Gasteiger charge is -2.18. The van der Waals surface area contributed by atoms with Gasteiger partial charge in [-0.3, -0.25) is 9.89 Å². The molecule has 0 radical (unpaired) electrons. The number of benzene rings is 1. The average molecular weight is 287 g/mol. The second kappa shape index (κ2) is 6.39. The zero-order valence-electron chi connectivity index (χ0n) is 12.6. The quantitative estimate of drug-likeness (QED) is 0.821. The van der Waals surface area contributed by atoms with Crippen LogP contribution in [0.3, 0.4) is 0 Å². The first-order valence-electron chi connectivity index (χ1n) is 6.93. The van der Waals surface area contributed by atoms with Crippen LogP contribution in [0.5, 0.6) is 0 Å². The van der Waals surface area contributed by atoms with Crippen LogP contribution in [0.4, 0.5) is 5.69 Å². The minimum Gasteiger partial charge on any atom is -0.399 e. The summed E-state index contributed by atoms with van der Waals surface area (Å²) in [5, 5.41) is 6.82. The van der Waals surface area contributed by atoms with Crippen molar-refractivity contribution in [2.75, 3.05) is 12.8 Å². The van der Waals surface area contributed by atoms with Gasteiger partial charge in [0, 0.05) is 19.2 Å². The Balaban J connectivity index is 1.92. The van der Waals surface area contributed by atoms with Gasteiger partial charge in [0.25, 0.3) is 0 Å². The molecule has 21 heavy (non-hydrogen) atoms. The van der Waals surface area contributed by atoms with Crippen molar-refractivity contribution in [3.05, 3.63) is 41.5 Å². The fourth-order valence-electron chi connectivity index (χ4n) is 2.12.